The van der Waals surface area contributed by atoms with Crippen molar-refractivity contribution >= 4 is 14.5 Å². The van der Waals surface area contributed by atoms with Crippen LogP contribution in [0.25, 0.3) is 0 Å². The van der Waals surface area contributed by atoms with Gasteiger partial charge in [-0.05, 0) is 31.0 Å². The molecule has 20 heavy (non-hydrogen) atoms. The monoisotopic (exact) mass is 300 g/mol. The van der Waals surface area contributed by atoms with Crippen molar-refractivity contribution in [3.8, 4) is 0 Å². The second kappa shape index (κ2) is 7.57. The van der Waals surface area contributed by atoms with E-state index in [2.05, 4.69) is 44.0 Å². The normalized spacial score (nSPS) is 21.1. The highest BCUT2D eigenvalue weighted by Gasteiger charge is 2.36. The van der Waals surface area contributed by atoms with Gasteiger partial charge in [0.15, 0.2) is 8.32 Å². The van der Waals surface area contributed by atoms with Crippen molar-refractivity contribution in [2.75, 3.05) is 26.9 Å². The van der Waals surface area contributed by atoms with Crippen LogP contribution in [0, 0.1) is 0 Å². The Labute approximate surface area is 125 Å². The van der Waals surface area contributed by atoms with Gasteiger partial charge >= 0.3 is 0 Å². The summed E-state index contributed by atoms with van der Waals surface area (Å²) < 4.78 is 11.4. The summed E-state index contributed by atoms with van der Waals surface area (Å²) in [5.41, 5.74) is 0. The van der Waals surface area contributed by atoms with Gasteiger partial charge in [-0.15, -0.1) is 0 Å². The number of rotatable bonds is 7. The fourth-order valence-corrected chi connectivity index (χ4v) is 3.14. The Kier molecular flexibility index (Phi) is 6.68. The number of hydrogen-bond donors (Lipinski definition) is 0. The first-order chi connectivity index (χ1) is 9.28. The molecule has 1 aliphatic rings. The summed E-state index contributed by atoms with van der Waals surface area (Å²) in [6.45, 7) is 14.0. The first kappa shape index (κ1) is 17.7. The van der Waals surface area contributed by atoms with Gasteiger partial charge in [0.05, 0.1) is 12.6 Å². The van der Waals surface area contributed by atoms with Crippen LogP contribution in [0.2, 0.25) is 18.1 Å². The maximum atomic E-state index is 6.14. The first-order valence-electron chi connectivity index (χ1n) is 7.70. The molecule has 0 aromatic carbocycles. The molecule has 0 spiro atoms. The highest BCUT2D eigenvalue weighted by atomic mass is 28.4. The number of ether oxygens (including phenoxy) is 1. The van der Waals surface area contributed by atoms with Gasteiger partial charge in [0.2, 0.25) is 0 Å². The van der Waals surface area contributed by atoms with Gasteiger partial charge in [0.1, 0.15) is 0 Å². The molecule has 0 aromatic heterocycles. The second-order valence-electron chi connectivity index (χ2n) is 7.11. The summed E-state index contributed by atoms with van der Waals surface area (Å²) in [5.74, 6) is 0. The summed E-state index contributed by atoms with van der Waals surface area (Å²) in [5, 5.41) is 7.01. The van der Waals surface area contributed by atoms with E-state index in [0.29, 0.717) is 6.04 Å². The van der Waals surface area contributed by atoms with Gasteiger partial charge in [-0.2, -0.15) is 5.10 Å². The zero-order valence-electron chi connectivity index (χ0n) is 14.1. The summed E-state index contributed by atoms with van der Waals surface area (Å²) in [7, 11) is 0.149. The molecule has 0 amide bonds. The highest BCUT2D eigenvalue weighted by Crippen LogP contribution is 2.36. The van der Waals surface area contributed by atoms with Gasteiger partial charge in [-0.1, -0.05) is 20.8 Å². The Balaban J connectivity index is 2.29. The third kappa shape index (κ3) is 5.18. The van der Waals surface area contributed by atoms with Crippen LogP contribution in [-0.2, 0) is 9.16 Å². The third-order valence-electron chi connectivity index (χ3n) is 4.45. The van der Waals surface area contributed by atoms with Crippen molar-refractivity contribution in [1.82, 2.24) is 5.01 Å². The smallest absolute Gasteiger partial charge is 0.191 e. The quantitative estimate of drug-likeness (QED) is 0.410. The molecule has 0 radical (unpaired) electrons. The number of hydrazone groups is 1. The van der Waals surface area contributed by atoms with Gasteiger partial charge in [-0.3, -0.25) is 5.01 Å². The summed E-state index contributed by atoms with van der Waals surface area (Å²) in [6, 6.07) is 0.456. The molecule has 0 N–H and O–H groups in total. The van der Waals surface area contributed by atoms with Gasteiger partial charge < -0.3 is 9.16 Å². The predicted octanol–water partition coefficient (Wildman–Crippen LogP) is 3.49. The largest absolute Gasteiger partial charge is 0.416 e. The van der Waals surface area contributed by atoms with E-state index in [1.165, 1.54) is 12.8 Å². The molecule has 0 saturated carbocycles. The molecule has 4 nitrogen and oxygen atoms in total. The van der Waals surface area contributed by atoms with E-state index in [1.54, 1.807) is 7.11 Å². The van der Waals surface area contributed by atoms with E-state index in [0.717, 1.165) is 26.2 Å². The molecule has 1 saturated heterocycles. The maximum Gasteiger partial charge on any atom is 0.191 e. The van der Waals surface area contributed by atoms with Crippen LogP contribution in [0.3, 0.4) is 0 Å². The number of nitrogens with zero attached hydrogens (tertiary/aromatic N) is 2. The lowest BCUT2D eigenvalue weighted by atomic mass is 10.2. The molecule has 1 heterocycles. The molecule has 1 aliphatic heterocycles. The van der Waals surface area contributed by atoms with Crippen LogP contribution < -0.4 is 0 Å². The Bertz CT molecular complexity index is 313. The number of methoxy groups -OCH3 is 1. The average molecular weight is 301 g/mol. The van der Waals surface area contributed by atoms with E-state index in [4.69, 9.17) is 9.16 Å². The summed E-state index contributed by atoms with van der Waals surface area (Å²) >= 11 is 0. The average Bonchev–Trinajstić information content (AvgIpc) is 2.75. The molecular formula is C15H32N2O2Si. The van der Waals surface area contributed by atoms with Crippen molar-refractivity contribution in [1.29, 1.82) is 0 Å². The van der Waals surface area contributed by atoms with E-state index >= 15 is 0 Å². The Morgan fingerprint density at radius 2 is 2.05 bits per heavy atom. The summed E-state index contributed by atoms with van der Waals surface area (Å²) in [4.78, 5) is 0. The van der Waals surface area contributed by atoms with Crippen LogP contribution in [0.4, 0.5) is 0 Å². The van der Waals surface area contributed by atoms with Crippen molar-refractivity contribution in [2.45, 2.75) is 64.2 Å². The van der Waals surface area contributed by atoms with Crippen molar-refractivity contribution in [2.24, 2.45) is 5.10 Å². The Hall–Kier alpha value is -0.393. The zero-order chi connectivity index (χ0) is 15.2. The predicted molar refractivity (Wildman–Crippen MR) is 87.9 cm³/mol. The highest BCUT2D eigenvalue weighted by molar-refractivity contribution is 6.74. The second-order valence-corrected chi connectivity index (χ2v) is 11.9. The molecule has 0 bridgehead atoms. The van der Waals surface area contributed by atoms with Gasteiger partial charge in [0.25, 0.3) is 0 Å². The van der Waals surface area contributed by atoms with Crippen molar-refractivity contribution in [3.05, 3.63) is 0 Å². The van der Waals surface area contributed by atoms with E-state index in [9.17, 15) is 0 Å². The van der Waals surface area contributed by atoms with Crippen molar-refractivity contribution < 1.29 is 9.16 Å². The van der Waals surface area contributed by atoms with Crippen molar-refractivity contribution in [3.63, 3.8) is 0 Å². The van der Waals surface area contributed by atoms with Gasteiger partial charge in [0, 0.05) is 32.9 Å². The molecule has 0 unspecified atom stereocenters. The molecule has 1 fully saturated rings. The van der Waals surface area contributed by atoms with Crippen LogP contribution in [0.5, 0.6) is 0 Å². The topological polar surface area (TPSA) is 34.1 Å². The molecule has 1 rings (SSSR count). The molecule has 5 heteroatoms. The minimum absolute atomic E-state index is 0.280. The van der Waals surface area contributed by atoms with E-state index < -0.39 is 8.32 Å². The van der Waals surface area contributed by atoms with Crippen LogP contribution in [-0.4, -0.2) is 52.5 Å². The lowest BCUT2D eigenvalue weighted by Gasteiger charge is -2.36. The molecule has 0 aliphatic carbocycles. The van der Waals surface area contributed by atoms with Crippen LogP contribution in [0.15, 0.2) is 5.10 Å². The Morgan fingerprint density at radius 1 is 1.35 bits per heavy atom. The van der Waals surface area contributed by atoms with E-state index in [1.807, 2.05) is 6.21 Å². The molecular weight excluding hydrogens is 268 g/mol. The third-order valence-corrected chi connectivity index (χ3v) is 8.99. The van der Waals surface area contributed by atoms with Crippen LogP contribution >= 0.6 is 0 Å². The van der Waals surface area contributed by atoms with Gasteiger partial charge in [-0.25, -0.2) is 0 Å². The van der Waals surface area contributed by atoms with Crippen LogP contribution in [0.1, 0.15) is 40.0 Å². The Morgan fingerprint density at radius 3 is 2.65 bits per heavy atom. The lowest BCUT2D eigenvalue weighted by molar-refractivity contribution is 0.118. The standard InChI is InChI=1S/C15H32N2O2Si/c1-15(2,3)20(5,6)19-12-8-10-16-17-11-7-9-14(17)13-18-4/h10,14H,7-9,11-13H2,1-6H3/b16-10+/t14-/m0/s1. The SMILES string of the molecule is COC[C@@H]1CCCN1/N=C/CCO[Si](C)(C)C(C)(C)C. The fraction of sp³-hybridized carbons (Fsp3) is 0.933. The number of hydrogen-bond acceptors (Lipinski definition) is 4. The minimum atomic E-state index is -1.61. The maximum absolute atomic E-state index is 6.14. The molecule has 0 aromatic rings. The lowest BCUT2D eigenvalue weighted by Crippen LogP contribution is -2.41. The summed E-state index contributed by atoms with van der Waals surface area (Å²) in [6.07, 6.45) is 5.29. The molecule has 118 valence electrons. The molecule has 1 atom stereocenters. The minimum Gasteiger partial charge on any atom is -0.416 e. The zero-order valence-corrected chi connectivity index (χ0v) is 15.1. The first-order valence-corrected chi connectivity index (χ1v) is 10.6. The van der Waals surface area contributed by atoms with E-state index in [-0.39, 0.29) is 5.04 Å². The fourth-order valence-electron chi connectivity index (χ4n) is 2.08.